The van der Waals surface area contributed by atoms with Gasteiger partial charge in [-0.3, -0.25) is 0 Å². The number of hydrogen-bond acceptors (Lipinski definition) is 5. The first-order valence-corrected chi connectivity index (χ1v) is 12.9. The molecule has 4 rings (SSSR count). The van der Waals surface area contributed by atoms with E-state index in [1.165, 1.54) is 12.1 Å². The first-order chi connectivity index (χ1) is 16.8. The van der Waals surface area contributed by atoms with Crippen LogP contribution in [0.5, 0.6) is 0 Å². The molecule has 0 spiro atoms. The van der Waals surface area contributed by atoms with Crippen LogP contribution in [-0.2, 0) is 0 Å². The molecule has 10 N–H and O–H groups in total. The highest BCUT2D eigenvalue weighted by Crippen LogP contribution is 2.18. The summed E-state index contributed by atoms with van der Waals surface area (Å²) in [6.07, 6.45) is 0. The van der Waals surface area contributed by atoms with Gasteiger partial charge in [0.1, 0.15) is 5.82 Å². The molecule has 0 aromatic heterocycles. The van der Waals surface area contributed by atoms with Gasteiger partial charge >= 0.3 is 0 Å². The number of halogens is 4. The van der Waals surface area contributed by atoms with Gasteiger partial charge in [0.2, 0.25) is 0 Å². The Morgan fingerprint density at radius 1 is 0.611 bits per heavy atom. The van der Waals surface area contributed by atoms with Crippen LogP contribution >= 0.6 is 50.1 Å². The lowest BCUT2D eigenvalue weighted by atomic mass is 10.2. The van der Waals surface area contributed by atoms with Crippen LogP contribution in [0.4, 0.5) is 32.8 Å². The molecule has 5 nitrogen and oxygen atoms in total. The van der Waals surface area contributed by atoms with Crippen LogP contribution in [0, 0.1) is 30.2 Å². The number of hydrogen-bond donors (Lipinski definition) is 5. The van der Waals surface area contributed by atoms with Crippen molar-refractivity contribution in [1.29, 1.82) is 0 Å². The second-order valence-electron chi connectivity index (χ2n) is 7.78. The molecule has 0 radical (unpaired) electrons. The molecule has 9 heteroatoms. The second-order valence-corrected chi connectivity index (χ2v) is 10.4. The van der Waals surface area contributed by atoms with Crippen molar-refractivity contribution in [3.05, 3.63) is 108 Å². The third-order valence-electron chi connectivity index (χ3n) is 4.77. The minimum absolute atomic E-state index is 0.280. The maximum absolute atomic E-state index is 12.3. The zero-order chi connectivity index (χ0) is 27.4. The lowest BCUT2D eigenvalue weighted by molar-refractivity contribution is 0.628. The molecule has 4 aromatic rings. The molecule has 0 aliphatic rings. The van der Waals surface area contributed by atoms with Gasteiger partial charge in [0, 0.05) is 30.1 Å². The third kappa shape index (κ3) is 11.8. The molecular formula is C27H31BrClFIN5. The summed E-state index contributed by atoms with van der Waals surface area (Å²) < 4.78 is 14.4. The summed E-state index contributed by atoms with van der Waals surface area (Å²) in [5, 5.41) is 0.693. The zero-order valence-electron chi connectivity index (χ0n) is 20.3. The van der Waals surface area contributed by atoms with E-state index >= 15 is 0 Å². The average molecular weight is 687 g/mol. The average Bonchev–Trinajstić information content (AvgIpc) is 2.81. The van der Waals surface area contributed by atoms with Gasteiger partial charge in [-0.1, -0.05) is 45.7 Å². The normalized spacial score (nSPS) is 9.53. The topological polar surface area (TPSA) is 130 Å². The first-order valence-electron chi connectivity index (χ1n) is 10.7. The molecule has 192 valence electrons. The molecular weight excluding hydrogens is 656 g/mol. The van der Waals surface area contributed by atoms with E-state index in [0.29, 0.717) is 22.1 Å². The number of nitrogens with two attached hydrogens (primary N) is 5. The Labute approximate surface area is 239 Å². The molecule has 4 aromatic carbocycles. The van der Waals surface area contributed by atoms with Crippen molar-refractivity contribution < 1.29 is 4.39 Å². The summed E-state index contributed by atoms with van der Waals surface area (Å²) in [6, 6.07) is 21.3. The van der Waals surface area contributed by atoms with Gasteiger partial charge in [0.05, 0.1) is 11.4 Å². The lowest BCUT2D eigenvalue weighted by Crippen LogP contribution is -1.93. The molecule has 36 heavy (non-hydrogen) atoms. The summed E-state index contributed by atoms with van der Waals surface area (Å²) in [4.78, 5) is 0. The van der Waals surface area contributed by atoms with E-state index in [2.05, 4.69) is 38.5 Å². The fourth-order valence-electron chi connectivity index (χ4n) is 2.38. The van der Waals surface area contributed by atoms with E-state index in [4.69, 9.17) is 40.3 Å². The van der Waals surface area contributed by atoms with Gasteiger partial charge in [-0.25, -0.2) is 4.39 Å². The Balaban J connectivity index is 0.000000240. The number of rotatable bonds is 0. The van der Waals surface area contributed by atoms with Crippen LogP contribution in [0.1, 0.15) is 16.7 Å². The van der Waals surface area contributed by atoms with E-state index in [9.17, 15) is 4.39 Å². The summed E-state index contributed by atoms with van der Waals surface area (Å²) in [6.45, 7) is 5.78. The van der Waals surface area contributed by atoms with Crippen LogP contribution in [0.3, 0.4) is 0 Å². The Morgan fingerprint density at radius 2 is 1.11 bits per heavy atom. The van der Waals surface area contributed by atoms with Crippen molar-refractivity contribution in [2.45, 2.75) is 20.8 Å². The summed E-state index contributed by atoms with van der Waals surface area (Å²) in [5.41, 5.74) is 34.0. The second kappa shape index (κ2) is 15.4. The highest BCUT2D eigenvalue weighted by molar-refractivity contribution is 14.1. The fourth-order valence-corrected chi connectivity index (χ4v) is 3.45. The predicted octanol–water partition coefficient (Wildman–Crippen LogP) is 7.74. The molecule has 0 heterocycles. The molecule has 0 fully saturated rings. The first kappa shape index (κ1) is 31.3. The van der Waals surface area contributed by atoms with E-state index in [-0.39, 0.29) is 5.82 Å². The molecule has 0 bridgehead atoms. The smallest absolute Gasteiger partial charge is 0.125 e. The highest BCUT2D eigenvalue weighted by atomic mass is 127. The van der Waals surface area contributed by atoms with Crippen molar-refractivity contribution in [1.82, 2.24) is 0 Å². The fraction of sp³-hybridized carbons (Fsp3) is 0.111. The highest BCUT2D eigenvalue weighted by Gasteiger charge is 1.94. The van der Waals surface area contributed by atoms with Crippen molar-refractivity contribution >= 4 is 78.6 Å². The summed E-state index contributed by atoms with van der Waals surface area (Å²) in [5.74, 6) is -0.280. The van der Waals surface area contributed by atoms with Crippen LogP contribution in [-0.4, -0.2) is 0 Å². The van der Waals surface area contributed by atoms with Crippen LogP contribution in [0.2, 0.25) is 5.02 Å². The number of aryl methyl sites for hydroxylation is 3. The van der Waals surface area contributed by atoms with E-state index < -0.39 is 0 Å². The van der Waals surface area contributed by atoms with Crippen molar-refractivity contribution in [3.8, 4) is 0 Å². The van der Waals surface area contributed by atoms with Gasteiger partial charge in [-0.05, 0) is 115 Å². The third-order valence-corrected chi connectivity index (χ3v) is 6.17. The van der Waals surface area contributed by atoms with Gasteiger partial charge in [-0.15, -0.1) is 0 Å². The van der Waals surface area contributed by atoms with E-state index in [1.807, 2.05) is 63.2 Å². The van der Waals surface area contributed by atoms with Gasteiger partial charge in [0.15, 0.2) is 0 Å². The number of nitrogen functional groups attached to an aromatic ring is 5. The lowest BCUT2D eigenvalue weighted by Gasteiger charge is -1.97. The molecule has 0 atom stereocenters. The Morgan fingerprint density at radius 3 is 1.50 bits per heavy atom. The van der Waals surface area contributed by atoms with Crippen molar-refractivity contribution in [2.75, 3.05) is 28.7 Å². The Hall–Kier alpha value is -2.69. The van der Waals surface area contributed by atoms with Crippen LogP contribution in [0.25, 0.3) is 0 Å². The van der Waals surface area contributed by atoms with Gasteiger partial charge in [-0.2, -0.15) is 0 Å². The molecule has 0 amide bonds. The largest absolute Gasteiger partial charge is 0.398 e. The minimum atomic E-state index is -0.280. The standard InChI is InChI=1S/C7H8BrN.C7H8ClN.C7H8FN.C6H7IN2/c3*1-5-2-3-6(8)4-7(5)9;7-4-1-2-5(8)6(9)3-4/h3*2-4H,9H2,1H3;1-3H,8-9H2. The maximum Gasteiger partial charge on any atom is 0.125 e. The van der Waals surface area contributed by atoms with E-state index in [1.54, 1.807) is 18.2 Å². The summed E-state index contributed by atoms with van der Waals surface area (Å²) >= 11 is 11.1. The van der Waals surface area contributed by atoms with Gasteiger partial charge < -0.3 is 28.7 Å². The van der Waals surface area contributed by atoms with E-state index in [0.717, 1.165) is 36.1 Å². The minimum Gasteiger partial charge on any atom is -0.398 e. The molecule has 0 unspecified atom stereocenters. The SMILES string of the molecule is Cc1ccc(Br)cc1N.Cc1ccc(Cl)cc1N.Cc1ccc(F)cc1N.Nc1ccc(I)cc1N. The Bertz CT molecular complexity index is 1090. The molecule has 0 aliphatic carbocycles. The van der Waals surface area contributed by atoms with Crippen molar-refractivity contribution in [3.63, 3.8) is 0 Å². The van der Waals surface area contributed by atoms with Crippen LogP contribution in [0.15, 0.2) is 77.3 Å². The zero-order valence-corrected chi connectivity index (χ0v) is 24.8. The molecule has 0 saturated heterocycles. The van der Waals surface area contributed by atoms with Crippen LogP contribution < -0.4 is 28.7 Å². The number of benzene rings is 4. The predicted molar refractivity (Wildman–Crippen MR) is 167 cm³/mol. The maximum atomic E-state index is 12.3. The summed E-state index contributed by atoms with van der Waals surface area (Å²) in [7, 11) is 0. The monoisotopic (exact) mass is 685 g/mol. The quantitative estimate of drug-likeness (QED) is 0.0955. The molecule has 0 saturated carbocycles. The van der Waals surface area contributed by atoms with Gasteiger partial charge in [0.25, 0.3) is 0 Å². The Kier molecular flexibility index (Phi) is 13.4. The van der Waals surface area contributed by atoms with Crippen molar-refractivity contribution in [2.24, 2.45) is 0 Å². The molecule has 0 aliphatic heterocycles. The number of anilines is 5.